The molecule has 4 aromatic rings. The van der Waals surface area contributed by atoms with Crippen LogP contribution in [-0.4, -0.2) is 17.3 Å². The maximum atomic E-state index is 5.34. The summed E-state index contributed by atoms with van der Waals surface area (Å²) in [7, 11) is 0. The van der Waals surface area contributed by atoms with Crippen molar-refractivity contribution >= 4 is 191 Å². The van der Waals surface area contributed by atoms with E-state index >= 15 is 0 Å². The Labute approximate surface area is 575 Å². The summed E-state index contributed by atoms with van der Waals surface area (Å²) in [4.78, 5) is 0. The third kappa shape index (κ3) is 38.8. The number of benzene rings is 4. The average Bonchev–Trinajstić information content (AvgIpc) is 3.46. The molecule has 4 aromatic carbocycles. The fraction of sp³-hybridized carbons (Fsp3) is 0.562. The Balaban J connectivity index is 0.00000105. The fourth-order valence-electron chi connectivity index (χ4n) is 9.37. The average molecular weight is 1400 g/mol. The number of thiocarbonyl (C=S) groups is 4. The fourth-order valence-corrected chi connectivity index (χ4v) is 11.0. The predicted molar refractivity (Wildman–Crippen MR) is 384 cm³/mol. The number of unbranched alkanes of at least 4 members (excludes halogenated alkanes) is 24. The number of quaternary nitrogens is 4. The zero-order valence-corrected chi connectivity index (χ0v) is 61.0. The molecule has 4 N–H and O–H groups in total. The molecule has 81 heavy (non-hydrogen) atoms. The Hall–Kier alpha value is 0.0483. The summed E-state index contributed by atoms with van der Waals surface area (Å²) in [6, 6.07) is 33.0. The molecule has 0 aliphatic heterocycles. The molecule has 0 heterocycles. The van der Waals surface area contributed by atoms with Crippen molar-refractivity contribution in [3.8, 4) is 0 Å². The van der Waals surface area contributed by atoms with Gasteiger partial charge in [0.1, 0.15) is 22.7 Å². The monoisotopic (exact) mass is 1400 g/mol. The van der Waals surface area contributed by atoms with Gasteiger partial charge in [0, 0.05) is 39.5 Å². The molecule has 450 valence electrons. The van der Waals surface area contributed by atoms with Crippen LogP contribution in [-0.2, 0) is 149 Å². The van der Waals surface area contributed by atoms with Crippen molar-refractivity contribution < 1.29 is 38.3 Å². The molecule has 4 nitrogen and oxygen atoms in total. The second-order valence-corrected chi connectivity index (χ2v) is 26.5. The minimum atomic E-state index is 0. The second kappa shape index (κ2) is 54.2. The topological polar surface area (TPSA) is 17.8 Å². The van der Waals surface area contributed by atoms with E-state index in [2.05, 4.69) is 76.2 Å². The molecular weight excluding hydrogens is 1310 g/mol. The number of hydrogen-bond donors (Lipinski definition) is 4. The summed E-state index contributed by atoms with van der Waals surface area (Å²) in [6.45, 7) is 9.01. The van der Waals surface area contributed by atoms with Crippen molar-refractivity contribution in [2.24, 2.45) is 0 Å². The molecule has 0 saturated heterocycles. The van der Waals surface area contributed by atoms with Crippen LogP contribution in [0.15, 0.2) is 97.1 Å². The minimum Gasteiger partial charge on any atom is -0.485 e. The largest absolute Gasteiger partial charge is 4.00 e. The van der Waals surface area contributed by atoms with Crippen LogP contribution >= 0.6 is 48.9 Å². The molecule has 17 heteroatoms. The molecule has 4 rings (SSSR count). The Morgan fingerprint density at radius 2 is 0.420 bits per heavy atom. The Morgan fingerprint density at radius 3 is 0.580 bits per heavy atom. The Kier molecular flexibility index (Phi) is 54.3. The third-order valence-corrected chi connectivity index (χ3v) is 18.4. The molecule has 0 bridgehead atoms. The molecule has 0 saturated carbocycles. The molecule has 0 amide bonds. The van der Waals surface area contributed by atoms with Crippen molar-refractivity contribution in [1.82, 2.24) is 0 Å². The Morgan fingerprint density at radius 1 is 0.272 bits per heavy atom. The smallest absolute Gasteiger partial charge is 0.485 e. The molecule has 0 aromatic heterocycles. The van der Waals surface area contributed by atoms with Gasteiger partial charge in [0.05, 0.1) is 0 Å². The van der Waals surface area contributed by atoms with E-state index in [4.69, 9.17) is 151 Å². The summed E-state index contributed by atoms with van der Waals surface area (Å²) in [5.41, 5.74) is 9.41. The predicted octanol–water partition coefficient (Wildman–Crippen LogP) is 15.2. The molecular formula is C64H96MoN4S12. The van der Waals surface area contributed by atoms with Gasteiger partial charge in [-0.2, -0.15) is 0 Å². The first kappa shape index (κ1) is 81.0. The third-order valence-electron chi connectivity index (χ3n) is 14.0. The first-order valence-electron chi connectivity index (χ1n) is 30.0. The van der Waals surface area contributed by atoms with E-state index in [1.807, 2.05) is 48.5 Å². The van der Waals surface area contributed by atoms with Gasteiger partial charge in [0.2, 0.25) is 0 Å². The number of rotatable bonds is 36. The van der Waals surface area contributed by atoms with Gasteiger partial charge < -0.3 is 168 Å². The number of nitrogens with one attached hydrogen (secondary N) is 4. The first-order valence-corrected chi connectivity index (χ1v) is 34.9. The van der Waals surface area contributed by atoms with E-state index in [1.54, 1.807) is 0 Å². The van der Waals surface area contributed by atoms with Gasteiger partial charge in [-0.05, 0) is 75.6 Å². The first-order chi connectivity index (χ1) is 38.7. The van der Waals surface area contributed by atoms with Crippen LogP contribution in [0.1, 0.15) is 230 Å². The van der Waals surface area contributed by atoms with E-state index in [1.165, 1.54) is 202 Å². The normalized spacial score (nSPS) is 12.1. The van der Waals surface area contributed by atoms with E-state index in [0.29, 0.717) is 34.5 Å². The van der Waals surface area contributed by atoms with E-state index in [0.717, 1.165) is 48.4 Å². The van der Waals surface area contributed by atoms with Crippen molar-refractivity contribution in [3.63, 3.8) is 0 Å². The van der Waals surface area contributed by atoms with Crippen molar-refractivity contribution in [2.75, 3.05) is 0 Å². The van der Waals surface area contributed by atoms with Crippen LogP contribution < -0.4 is 17.2 Å². The van der Waals surface area contributed by atoms with Crippen molar-refractivity contribution in [3.05, 3.63) is 119 Å². The molecule has 0 radical (unpaired) electrons. The van der Waals surface area contributed by atoms with Gasteiger partial charge in [-0.3, -0.25) is 0 Å². The summed E-state index contributed by atoms with van der Waals surface area (Å²) in [6.07, 6.45) is 41.4. The van der Waals surface area contributed by atoms with Crippen LogP contribution in [0.5, 0.6) is 0 Å². The van der Waals surface area contributed by atoms with Gasteiger partial charge in [-0.1, -0.05) is 255 Å². The van der Waals surface area contributed by atoms with Crippen LogP contribution in [0.2, 0.25) is 0 Å². The zero-order chi connectivity index (χ0) is 59.2. The number of para-hydroxylation sites is 4. The molecule has 4 atom stereocenters. The van der Waals surface area contributed by atoms with E-state index in [9.17, 15) is 0 Å². The van der Waals surface area contributed by atoms with Gasteiger partial charge >= 0.3 is 21.1 Å². The quantitative estimate of drug-likeness (QED) is 0.0151. The van der Waals surface area contributed by atoms with E-state index < -0.39 is 0 Å². The summed E-state index contributed by atoms with van der Waals surface area (Å²) in [5, 5.41) is 0. The van der Waals surface area contributed by atoms with Gasteiger partial charge in [-0.15, -0.1) is 0 Å². The molecule has 4 unspecified atom stereocenters. The van der Waals surface area contributed by atoms with Gasteiger partial charge in [0.15, 0.2) is 0 Å². The van der Waals surface area contributed by atoms with Gasteiger partial charge in [0.25, 0.3) is 0 Å². The minimum absolute atomic E-state index is 0. The van der Waals surface area contributed by atoms with Crippen LogP contribution in [0.3, 0.4) is 0 Å². The Bertz CT molecular complexity index is 1940. The standard InChI is InChI=1S/4C16H25NS3.Mo/c4*1-2-3-4-5-6-7-8-11-14-12-9-10-13-15(14)17(20)16(18)19;/h4*9-10,12-13,17H,2-8,11H2,1H3,(H,18,19);/q;;;;+4/p-4. The summed E-state index contributed by atoms with van der Waals surface area (Å²) >= 11 is 61.6. The van der Waals surface area contributed by atoms with Crippen molar-refractivity contribution in [1.29, 1.82) is 0 Å². The summed E-state index contributed by atoms with van der Waals surface area (Å²) in [5.74, 6) is 0. The summed E-state index contributed by atoms with van der Waals surface area (Å²) < 4.78 is 4.28. The maximum absolute atomic E-state index is 5.34. The number of hydrogen-bond acceptors (Lipinski definition) is 12. The second-order valence-electron chi connectivity index (χ2n) is 20.6. The molecule has 0 aliphatic carbocycles. The van der Waals surface area contributed by atoms with Crippen molar-refractivity contribution in [2.45, 2.75) is 233 Å². The maximum Gasteiger partial charge on any atom is 4.00 e. The van der Waals surface area contributed by atoms with Crippen LogP contribution in [0.4, 0.5) is 22.7 Å². The van der Waals surface area contributed by atoms with Crippen LogP contribution in [0.25, 0.3) is 0 Å². The SMILES string of the molecule is CCCCCCCCCc1ccccc1[NH+]([S-])C(=S)[S-].CCCCCCCCCc1ccccc1[NH+]([S-])C(=S)[S-].CCCCCCCCCc1ccccc1[NH+]([S-])C(=S)[S-].CCCCCCCCCc1ccccc1[NH+]([S-])C(=S)[S-].[Mo+4]. The molecule has 0 aliphatic rings. The molecule has 0 fully saturated rings. The number of aryl methyl sites for hydroxylation is 4. The zero-order valence-electron chi connectivity index (χ0n) is 49.2. The van der Waals surface area contributed by atoms with Gasteiger partial charge in [-0.25, -0.2) is 0 Å². The van der Waals surface area contributed by atoms with Crippen LogP contribution in [0, 0.1) is 0 Å². The molecule has 0 spiro atoms. The van der Waals surface area contributed by atoms with E-state index in [-0.39, 0.29) is 21.1 Å².